The molecule has 0 unspecified atom stereocenters. The number of ether oxygens (including phenoxy) is 2. The van der Waals surface area contributed by atoms with Crippen molar-refractivity contribution in [1.29, 1.82) is 0 Å². The molecule has 1 heterocycles. The van der Waals surface area contributed by atoms with E-state index in [9.17, 15) is 14.4 Å². The van der Waals surface area contributed by atoms with Crippen molar-refractivity contribution in [2.45, 2.75) is 71.1 Å². The zero-order valence-corrected chi connectivity index (χ0v) is 13.5. The molecule has 2 atom stereocenters. The molecular formula is C15H25NO5. The van der Waals surface area contributed by atoms with Gasteiger partial charge in [0.25, 0.3) is 0 Å². The second kappa shape index (κ2) is 6.91. The molecule has 0 aromatic heterocycles. The number of methoxy groups -OCH3 is 1. The van der Waals surface area contributed by atoms with Crippen LogP contribution >= 0.6 is 0 Å². The molecule has 1 amide bonds. The van der Waals surface area contributed by atoms with Gasteiger partial charge in [-0.25, -0.2) is 9.59 Å². The number of ketones is 1. The minimum atomic E-state index is -0.667. The van der Waals surface area contributed by atoms with Crippen LogP contribution < -0.4 is 0 Å². The van der Waals surface area contributed by atoms with E-state index in [-0.39, 0.29) is 18.2 Å². The third kappa shape index (κ3) is 4.72. The van der Waals surface area contributed by atoms with Gasteiger partial charge in [-0.3, -0.25) is 9.69 Å². The van der Waals surface area contributed by atoms with Crippen LogP contribution in [0.1, 0.15) is 53.4 Å². The fraction of sp³-hybridized carbons (Fsp3) is 0.800. The summed E-state index contributed by atoms with van der Waals surface area (Å²) in [5.74, 6) is -0.397. The molecule has 0 aliphatic carbocycles. The Labute approximate surface area is 125 Å². The van der Waals surface area contributed by atoms with E-state index in [4.69, 9.17) is 9.47 Å². The minimum absolute atomic E-state index is 0.0686. The molecule has 1 rings (SSSR count). The number of hydrogen-bond acceptors (Lipinski definition) is 5. The zero-order valence-electron chi connectivity index (χ0n) is 13.5. The molecule has 0 saturated carbocycles. The molecule has 0 bridgehead atoms. The molecule has 1 aliphatic rings. The molecule has 21 heavy (non-hydrogen) atoms. The first-order valence-corrected chi connectivity index (χ1v) is 7.30. The summed E-state index contributed by atoms with van der Waals surface area (Å²) in [4.78, 5) is 37.2. The van der Waals surface area contributed by atoms with Crippen LogP contribution in [0.15, 0.2) is 0 Å². The van der Waals surface area contributed by atoms with Crippen molar-refractivity contribution in [3.8, 4) is 0 Å². The first-order chi connectivity index (χ1) is 9.69. The summed E-state index contributed by atoms with van der Waals surface area (Å²) in [6.45, 7) is 7.08. The Bertz CT molecular complexity index is 413. The van der Waals surface area contributed by atoms with E-state index >= 15 is 0 Å². The van der Waals surface area contributed by atoms with Crippen molar-refractivity contribution in [2.24, 2.45) is 0 Å². The van der Waals surface area contributed by atoms with E-state index < -0.39 is 23.7 Å². The molecule has 0 N–H and O–H groups in total. The van der Waals surface area contributed by atoms with Gasteiger partial charge in [-0.1, -0.05) is 6.92 Å². The molecule has 0 aromatic carbocycles. The molecule has 120 valence electrons. The van der Waals surface area contributed by atoms with Crippen molar-refractivity contribution >= 4 is 17.8 Å². The van der Waals surface area contributed by atoms with Crippen molar-refractivity contribution in [3.05, 3.63) is 0 Å². The molecule has 6 nitrogen and oxygen atoms in total. The topological polar surface area (TPSA) is 72.9 Å². The molecule has 1 aliphatic heterocycles. The number of carbonyl (C=O) groups is 3. The van der Waals surface area contributed by atoms with Gasteiger partial charge in [0.15, 0.2) is 0 Å². The maximum Gasteiger partial charge on any atom is 0.411 e. The highest BCUT2D eigenvalue weighted by atomic mass is 16.6. The van der Waals surface area contributed by atoms with Crippen LogP contribution in [0, 0.1) is 0 Å². The standard InChI is InChI=1S/C15H25NO5/c1-6-11(17)9-10-7-8-12(13(18)20-5)16(10)14(19)21-15(2,3)4/h10,12H,6-9H2,1-5H3/t10-,12+/m1/s1. The summed E-state index contributed by atoms with van der Waals surface area (Å²) in [6.07, 6.45) is 1.20. The lowest BCUT2D eigenvalue weighted by atomic mass is 10.1. The van der Waals surface area contributed by atoms with Gasteiger partial charge in [0.1, 0.15) is 17.4 Å². The molecule has 0 spiro atoms. The summed E-state index contributed by atoms with van der Waals surface area (Å²) < 4.78 is 10.1. The number of carbonyl (C=O) groups excluding carboxylic acids is 3. The quantitative estimate of drug-likeness (QED) is 0.745. The Kier molecular flexibility index (Phi) is 5.75. The van der Waals surface area contributed by atoms with E-state index in [0.717, 1.165) is 0 Å². The summed E-state index contributed by atoms with van der Waals surface area (Å²) in [5, 5.41) is 0. The van der Waals surface area contributed by atoms with Crippen molar-refractivity contribution in [3.63, 3.8) is 0 Å². The van der Waals surface area contributed by atoms with Crippen LogP contribution in [0.25, 0.3) is 0 Å². The number of likely N-dealkylation sites (tertiary alicyclic amines) is 1. The third-order valence-corrected chi connectivity index (χ3v) is 3.44. The van der Waals surface area contributed by atoms with Crippen molar-refractivity contribution in [2.75, 3.05) is 7.11 Å². The minimum Gasteiger partial charge on any atom is -0.467 e. The maximum absolute atomic E-state index is 12.4. The lowest BCUT2D eigenvalue weighted by Crippen LogP contribution is -2.48. The van der Waals surface area contributed by atoms with Crippen LogP contribution in [0.2, 0.25) is 0 Å². The van der Waals surface area contributed by atoms with Gasteiger partial charge in [-0.05, 0) is 33.6 Å². The predicted molar refractivity (Wildman–Crippen MR) is 76.8 cm³/mol. The summed E-state index contributed by atoms with van der Waals surface area (Å²) in [5.41, 5.74) is -0.653. The van der Waals surface area contributed by atoms with Crippen LogP contribution in [0.3, 0.4) is 0 Å². The van der Waals surface area contributed by atoms with Crippen LogP contribution in [0.5, 0.6) is 0 Å². The van der Waals surface area contributed by atoms with Crippen molar-refractivity contribution in [1.82, 2.24) is 4.90 Å². The Morgan fingerprint density at radius 2 is 1.81 bits per heavy atom. The molecular weight excluding hydrogens is 274 g/mol. The molecule has 1 fully saturated rings. The van der Waals surface area contributed by atoms with E-state index in [1.807, 2.05) is 0 Å². The largest absolute Gasteiger partial charge is 0.467 e. The fourth-order valence-corrected chi connectivity index (χ4v) is 2.45. The summed E-state index contributed by atoms with van der Waals surface area (Å²) in [6, 6.07) is -0.962. The van der Waals surface area contributed by atoms with Gasteiger partial charge < -0.3 is 9.47 Å². The van der Waals surface area contributed by atoms with Crippen molar-refractivity contribution < 1.29 is 23.9 Å². The van der Waals surface area contributed by atoms with Gasteiger partial charge in [0.05, 0.1) is 7.11 Å². The Morgan fingerprint density at radius 1 is 1.19 bits per heavy atom. The van der Waals surface area contributed by atoms with Gasteiger partial charge >= 0.3 is 12.1 Å². The Balaban J connectivity index is 2.92. The van der Waals surface area contributed by atoms with Crippen LogP contribution in [-0.2, 0) is 19.1 Å². The highest BCUT2D eigenvalue weighted by molar-refractivity contribution is 5.84. The lowest BCUT2D eigenvalue weighted by Gasteiger charge is -2.31. The third-order valence-electron chi connectivity index (χ3n) is 3.44. The first-order valence-electron chi connectivity index (χ1n) is 7.30. The molecule has 6 heteroatoms. The van der Waals surface area contributed by atoms with Gasteiger partial charge in [0.2, 0.25) is 0 Å². The van der Waals surface area contributed by atoms with Gasteiger partial charge in [-0.15, -0.1) is 0 Å². The van der Waals surface area contributed by atoms with E-state index in [1.165, 1.54) is 12.0 Å². The number of amides is 1. The van der Waals surface area contributed by atoms with Crippen LogP contribution in [-0.4, -0.2) is 47.5 Å². The second-order valence-corrected chi connectivity index (χ2v) is 6.25. The number of esters is 1. The van der Waals surface area contributed by atoms with Gasteiger partial charge in [0, 0.05) is 18.9 Å². The van der Waals surface area contributed by atoms with E-state index in [2.05, 4.69) is 0 Å². The average Bonchev–Trinajstić information content (AvgIpc) is 2.79. The molecule has 1 saturated heterocycles. The summed E-state index contributed by atoms with van der Waals surface area (Å²) >= 11 is 0. The Hall–Kier alpha value is -1.59. The molecule has 0 aromatic rings. The SMILES string of the molecule is CCC(=O)C[C@H]1CC[C@@H](C(=O)OC)N1C(=O)OC(C)(C)C. The maximum atomic E-state index is 12.4. The number of nitrogens with zero attached hydrogens (tertiary/aromatic N) is 1. The second-order valence-electron chi connectivity index (χ2n) is 6.25. The predicted octanol–water partition coefficient (Wildman–Crippen LogP) is 2.30. The number of Topliss-reactive ketones (excluding diaryl/α,β-unsaturated/α-hetero) is 1. The molecule has 0 radical (unpaired) electrons. The number of rotatable bonds is 4. The average molecular weight is 299 g/mol. The Morgan fingerprint density at radius 3 is 2.29 bits per heavy atom. The van der Waals surface area contributed by atoms with E-state index in [1.54, 1.807) is 27.7 Å². The van der Waals surface area contributed by atoms with E-state index in [0.29, 0.717) is 19.3 Å². The smallest absolute Gasteiger partial charge is 0.411 e. The highest BCUT2D eigenvalue weighted by Gasteiger charge is 2.43. The first kappa shape index (κ1) is 17.5. The fourth-order valence-electron chi connectivity index (χ4n) is 2.45. The van der Waals surface area contributed by atoms with Gasteiger partial charge in [-0.2, -0.15) is 0 Å². The number of hydrogen-bond donors (Lipinski definition) is 0. The van der Waals surface area contributed by atoms with Crippen LogP contribution in [0.4, 0.5) is 4.79 Å². The highest BCUT2D eigenvalue weighted by Crippen LogP contribution is 2.29. The monoisotopic (exact) mass is 299 g/mol. The summed E-state index contributed by atoms with van der Waals surface area (Å²) in [7, 11) is 1.29. The lowest BCUT2D eigenvalue weighted by molar-refractivity contribution is -0.146. The normalized spacial score (nSPS) is 22.0. The zero-order chi connectivity index (χ0) is 16.2.